The van der Waals surface area contributed by atoms with Crippen molar-refractivity contribution in [2.45, 2.75) is 6.04 Å². The highest BCUT2D eigenvalue weighted by Crippen LogP contribution is 2.26. The van der Waals surface area contributed by atoms with Crippen LogP contribution < -0.4 is 5.32 Å². The van der Waals surface area contributed by atoms with Crippen molar-refractivity contribution in [3.05, 3.63) is 28.5 Å². The third kappa shape index (κ3) is 3.33. The molecule has 1 aliphatic heterocycles. The van der Waals surface area contributed by atoms with Gasteiger partial charge in [-0.1, -0.05) is 6.07 Å². The van der Waals surface area contributed by atoms with Crippen LogP contribution in [0.1, 0.15) is 0 Å². The van der Waals surface area contributed by atoms with Crippen molar-refractivity contribution >= 4 is 33.6 Å². The number of likely N-dealkylation sites (N-methyl/N-ethyl adjacent to an activating group) is 1. The number of rotatable bonds is 3. The number of ether oxygens (including phenoxy) is 1. The summed E-state index contributed by atoms with van der Waals surface area (Å²) in [6, 6.07) is 3.14. The lowest BCUT2D eigenvalue weighted by atomic mass is 10.0. The molecule has 1 heterocycles. The first-order chi connectivity index (χ1) is 9.91. The summed E-state index contributed by atoms with van der Waals surface area (Å²) in [6.07, 6.45) is 0. The van der Waals surface area contributed by atoms with Gasteiger partial charge in [0.05, 0.1) is 24.9 Å². The summed E-state index contributed by atoms with van der Waals surface area (Å²) in [7, 11) is 1.46. The Morgan fingerprint density at radius 2 is 2.19 bits per heavy atom. The maximum absolute atomic E-state index is 13.7. The van der Waals surface area contributed by atoms with E-state index in [1.54, 1.807) is 6.07 Å². The SMILES string of the molecule is CN(C(=O)Nc1c(F)cccc1Br)C1COCC1C(=O)O. The summed E-state index contributed by atoms with van der Waals surface area (Å²) < 4.78 is 19.2. The van der Waals surface area contributed by atoms with E-state index in [0.717, 1.165) is 0 Å². The zero-order valence-corrected chi connectivity index (χ0v) is 12.8. The van der Waals surface area contributed by atoms with Crippen LogP contribution in [0.4, 0.5) is 14.9 Å². The molecule has 1 aromatic carbocycles. The molecule has 8 heteroatoms. The molecule has 2 unspecified atom stereocenters. The molecule has 1 aliphatic rings. The molecule has 2 atom stereocenters. The molecule has 2 rings (SSSR count). The second-order valence-electron chi connectivity index (χ2n) is 4.69. The van der Waals surface area contributed by atoms with Gasteiger partial charge in [-0.2, -0.15) is 0 Å². The number of nitrogens with one attached hydrogen (secondary N) is 1. The number of hydrogen-bond donors (Lipinski definition) is 2. The van der Waals surface area contributed by atoms with Crippen LogP contribution in [0, 0.1) is 11.7 Å². The highest BCUT2D eigenvalue weighted by molar-refractivity contribution is 9.10. The number of carbonyl (C=O) groups is 2. The summed E-state index contributed by atoms with van der Waals surface area (Å²) in [4.78, 5) is 24.5. The summed E-state index contributed by atoms with van der Waals surface area (Å²) in [6.45, 7) is 0.195. The molecule has 0 aliphatic carbocycles. The van der Waals surface area contributed by atoms with Crippen LogP contribution in [0.25, 0.3) is 0 Å². The smallest absolute Gasteiger partial charge is 0.322 e. The minimum atomic E-state index is -1.02. The van der Waals surface area contributed by atoms with Crippen LogP contribution in [0.5, 0.6) is 0 Å². The normalized spacial score (nSPS) is 21.1. The lowest BCUT2D eigenvalue weighted by molar-refractivity contribution is -0.142. The Hall–Kier alpha value is -1.67. The molecule has 2 N–H and O–H groups in total. The molecule has 0 bridgehead atoms. The van der Waals surface area contributed by atoms with Gasteiger partial charge in [0, 0.05) is 11.5 Å². The van der Waals surface area contributed by atoms with Gasteiger partial charge in [-0.05, 0) is 28.1 Å². The number of para-hydroxylation sites is 1. The monoisotopic (exact) mass is 360 g/mol. The predicted molar refractivity (Wildman–Crippen MR) is 76.6 cm³/mol. The Morgan fingerprint density at radius 3 is 2.81 bits per heavy atom. The van der Waals surface area contributed by atoms with E-state index in [1.165, 1.54) is 24.1 Å². The lowest BCUT2D eigenvalue weighted by Crippen LogP contribution is -2.46. The van der Waals surface area contributed by atoms with Crippen molar-refractivity contribution in [1.82, 2.24) is 4.90 Å². The van der Waals surface area contributed by atoms with Crippen molar-refractivity contribution < 1.29 is 23.8 Å². The molecule has 1 fully saturated rings. The van der Waals surface area contributed by atoms with Crippen LogP contribution in [-0.2, 0) is 9.53 Å². The zero-order valence-electron chi connectivity index (χ0n) is 11.2. The van der Waals surface area contributed by atoms with E-state index in [0.29, 0.717) is 4.47 Å². The number of anilines is 1. The van der Waals surface area contributed by atoms with Gasteiger partial charge in [-0.15, -0.1) is 0 Å². The summed E-state index contributed by atoms with van der Waals surface area (Å²) in [5.74, 6) is -2.39. The third-order valence-electron chi connectivity index (χ3n) is 3.38. The average Bonchev–Trinajstić information content (AvgIpc) is 2.91. The van der Waals surface area contributed by atoms with E-state index in [9.17, 15) is 14.0 Å². The Balaban J connectivity index is 2.11. The van der Waals surface area contributed by atoms with E-state index in [-0.39, 0.29) is 18.9 Å². The number of urea groups is 1. The number of carboxylic acids is 1. The molecule has 0 spiro atoms. The Bertz CT molecular complexity index is 549. The molecule has 2 amide bonds. The number of benzene rings is 1. The molecule has 21 heavy (non-hydrogen) atoms. The van der Waals surface area contributed by atoms with Crippen molar-refractivity contribution in [2.24, 2.45) is 5.92 Å². The Morgan fingerprint density at radius 1 is 1.48 bits per heavy atom. The van der Waals surface area contributed by atoms with Crippen LogP contribution in [0.3, 0.4) is 0 Å². The number of halogens is 2. The van der Waals surface area contributed by atoms with Crippen molar-refractivity contribution in [2.75, 3.05) is 25.6 Å². The summed E-state index contributed by atoms with van der Waals surface area (Å²) in [5.41, 5.74) is 0.0140. The molecule has 6 nitrogen and oxygen atoms in total. The highest BCUT2D eigenvalue weighted by atomic mass is 79.9. The Labute approximate surface area is 129 Å². The van der Waals surface area contributed by atoms with E-state index in [1.807, 2.05) is 0 Å². The molecule has 1 saturated heterocycles. The minimum Gasteiger partial charge on any atom is -0.481 e. The lowest BCUT2D eigenvalue weighted by Gasteiger charge is -2.26. The predicted octanol–water partition coefficient (Wildman–Crippen LogP) is 2.15. The van der Waals surface area contributed by atoms with Crippen molar-refractivity contribution in [1.29, 1.82) is 0 Å². The number of hydrogen-bond acceptors (Lipinski definition) is 3. The summed E-state index contributed by atoms with van der Waals surface area (Å²) in [5, 5.41) is 11.5. The number of carboxylic acid groups (broad SMARTS) is 1. The zero-order chi connectivity index (χ0) is 15.6. The van der Waals surface area contributed by atoms with E-state index in [4.69, 9.17) is 9.84 Å². The second-order valence-corrected chi connectivity index (χ2v) is 5.54. The molecule has 0 saturated carbocycles. The van der Waals surface area contributed by atoms with E-state index < -0.39 is 29.8 Å². The molecular weight excluding hydrogens is 347 g/mol. The average molecular weight is 361 g/mol. The van der Waals surface area contributed by atoms with Gasteiger partial charge < -0.3 is 20.1 Å². The van der Waals surface area contributed by atoms with Gasteiger partial charge in [0.2, 0.25) is 0 Å². The highest BCUT2D eigenvalue weighted by Gasteiger charge is 2.38. The fourth-order valence-corrected chi connectivity index (χ4v) is 2.56. The van der Waals surface area contributed by atoms with E-state index in [2.05, 4.69) is 21.2 Å². The number of amides is 2. The molecule has 1 aromatic rings. The van der Waals surface area contributed by atoms with Gasteiger partial charge >= 0.3 is 12.0 Å². The molecule has 0 aromatic heterocycles. The number of nitrogens with zero attached hydrogens (tertiary/aromatic N) is 1. The maximum Gasteiger partial charge on any atom is 0.322 e. The largest absolute Gasteiger partial charge is 0.481 e. The first-order valence-electron chi connectivity index (χ1n) is 6.20. The van der Waals surface area contributed by atoms with Gasteiger partial charge in [0.25, 0.3) is 0 Å². The number of aliphatic carboxylic acids is 1. The topological polar surface area (TPSA) is 78.9 Å². The van der Waals surface area contributed by atoms with Crippen LogP contribution >= 0.6 is 15.9 Å². The molecular formula is C13H14BrFN2O4. The summed E-state index contributed by atoms with van der Waals surface area (Å²) >= 11 is 3.15. The fourth-order valence-electron chi connectivity index (χ4n) is 2.12. The van der Waals surface area contributed by atoms with Gasteiger partial charge in [-0.25, -0.2) is 9.18 Å². The quantitative estimate of drug-likeness (QED) is 0.865. The van der Waals surface area contributed by atoms with Gasteiger partial charge in [0.15, 0.2) is 0 Å². The standard InChI is InChI=1S/C13H14BrFN2O4/c1-17(10-6-21-5-7(10)12(18)19)13(20)16-11-8(14)3-2-4-9(11)15/h2-4,7,10H,5-6H2,1H3,(H,16,20)(H,18,19). The molecule has 114 valence electrons. The van der Waals surface area contributed by atoms with Gasteiger partial charge in [0.1, 0.15) is 11.7 Å². The maximum atomic E-state index is 13.7. The van der Waals surface area contributed by atoms with Crippen LogP contribution in [0.15, 0.2) is 22.7 Å². The van der Waals surface area contributed by atoms with E-state index >= 15 is 0 Å². The third-order valence-corrected chi connectivity index (χ3v) is 4.04. The molecule has 0 radical (unpaired) electrons. The van der Waals surface area contributed by atoms with Crippen LogP contribution in [0.2, 0.25) is 0 Å². The first-order valence-corrected chi connectivity index (χ1v) is 6.99. The van der Waals surface area contributed by atoms with Crippen molar-refractivity contribution in [3.8, 4) is 0 Å². The van der Waals surface area contributed by atoms with Crippen LogP contribution in [-0.4, -0.2) is 48.3 Å². The first kappa shape index (κ1) is 15.7. The number of carbonyl (C=O) groups excluding carboxylic acids is 1. The van der Waals surface area contributed by atoms with Crippen molar-refractivity contribution in [3.63, 3.8) is 0 Å². The second kappa shape index (κ2) is 6.40. The van der Waals surface area contributed by atoms with Gasteiger partial charge in [-0.3, -0.25) is 4.79 Å². The Kier molecular flexibility index (Phi) is 4.79. The minimum absolute atomic E-state index is 0.0140. The fraction of sp³-hybridized carbons (Fsp3) is 0.385.